The Labute approximate surface area is 119 Å². The molecule has 0 aliphatic carbocycles. The minimum absolute atomic E-state index is 0.163. The standard InChI is InChI=1S/C16H21NOS/c1-16(2,3)18-15-9-5-4-7-13(15)11-17-12-14-8-6-10-19-14/h4-10,17H,11-12H2,1-3H3. The lowest BCUT2D eigenvalue weighted by Gasteiger charge is -2.23. The van der Waals surface area contributed by atoms with Crippen LogP contribution in [0.4, 0.5) is 0 Å². The number of ether oxygens (including phenoxy) is 1. The van der Waals surface area contributed by atoms with Gasteiger partial charge in [0.05, 0.1) is 0 Å². The first-order valence-electron chi connectivity index (χ1n) is 6.54. The molecule has 0 amide bonds. The molecule has 1 N–H and O–H groups in total. The number of hydrogen-bond donors (Lipinski definition) is 1. The minimum atomic E-state index is -0.163. The fourth-order valence-electron chi connectivity index (χ4n) is 1.81. The normalized spacial score (nSPS) is 11.5. The van der Waals surface area contributed by atoms with Crippen LogP contribution in [0.1, 0.15) is 31.2 Å². The Balaban J connectivity index is 1.96. The SMILES string of the molecule is CC(C)(C)Oc1ccccc1CNCc1cccs1. The van der Waals surface area contributed by atoms with Gasteiger partial charge in [-0.05, 0) is 38.3 Å². The van der Waals surface area contributed by atoms with Crippen LogP contribution in [-0.4, -0.2) is 5.60 Å². The molecule has 19 heavy (non-hydrogen) atoms. The number of rotatable bonds is 5. The van der Waals surface area contributed by atoms with E-state index in [4.69, 9.17) is 4.74 Å². The van der Waals surface area contributed by atoms with Gasteiger partial charge in [0.15, 0.2) is 0 Å². The van der Waals surface area contributed by atoms with E-state index in [9.17, 15) is 0 Å². The van der Waals surface area contributed by atoms with Crippen LogP contribution in [-0.2, 0) is 13.1 Å². The van der Waals surface area contributed by atoms with Crippen molar-refractivity contribution in [1.82, 2.24) is 5.32 Å². The van der Waals surface area contributed by atoms with Crippen molar-refractivity contribution in [1.29, 1.82) is 0 Å². The lowest BCUT2D eigenvalue weighted by Crippen LogP contribution is -2.24. The second-order valence-corrected chi connectivity index (χ2v) is 6.54. The second-order valence-electron chi connectivity index (χ2n) is 5.51. The molecule has 2 rings (SSSR count). The molecule has 0 atom stereocenters. The van der Waals surface area contributed by atoms with Crippen molar-refractivity contribution in [3.8, 4) is 5.75 Å². The van der Waals surface area contributed by atoms with Crippen LogP contribution in [0.15, 0.2) is 41.8 Å². The van der Waals surface area contributed by atoms with Gasteiger partial charge >= 0.3 is 0 Å². The molecule has 1 aromatic heterocycles. The van der Waals surface area contributed by atoms with Crippen LogP contribution in [0.2, 0.25) is 0 Å². The molecule has 1 heterocycles. The van der Waals surface area contributed by atoms with Crippen LogP contribution in [0.3, 0.4) is 0 Å². The zero-order chi connectivity index (χ0) is 13.7. The van der Waals surface area contributed by atoms with E-state index in [1.165, 1.54) is 10.4 Å². The van der Waals surface area contributed by atoms with Gasteiger partial charge in [-0.25, -0.2) is 0 Å². The molecule has 102 valence electrons. The van der Waals surface area contributed by atoms with Gasteiger partial charge in [0.2, 0.25) is 0 Å². The van der Waals surface area contributed by atoms with E-state index in [2.05, 4.69) is 55.7 Å². The summed E-state index contributed by atoms with van der Waals surface area (Å²) in [6.45, 7) is 7.94. The highest BCUT2D eigenvalue weighted by Crippen LogP contribution is 2.23. The maximum absolute atomic E-state index is 5.98. The molecule has 0 fully saturated rings. The number of hydrogen-bond acceptors (Lipinski definition) is 3. The zero-order valence-corrected chi connectivity index (χ0v) is 12.6. The molecule has 0 aliphatic rings. The smallest absolute Gasteiger partial charge is 0.124 e. The van der Waals surface area contributed by atoms with Crippen LogP contribution < -0.4 is 10.1 Å². The summed E-state index contributed by atoms with van der Waals surface area (Å²) in [5, 5.41) is 5.57. The lowest BCUT2D eigenvalue weighted by atomic mass is 10.1. The quantitative estimate of drug-likeness (QED) is 0.882. The summed E-state index contributed by atoms with van der Waals surface area (Å²) in [4.78, 5) is 1.36. The summed E-state index contributed by atoms with van der Waals surface area (Å²) in [5.74, 6) is 0.966. The average molecular weight is 275 g/mol. The van der Waals surface area contributed by atoms with E-state index in [1.807, 2.05) is 12.1 Å². The van der Waals surface area contributed by atoms with Crippen molar-refractivity contribution >= 4 is 11.3 Å². The van der Waals surface area contributed by atoms with Gasteiger partial charge in [0.1, 0.15) is 11.4 Å². The van der Waals surface area contributed by atoms with E-state index < -0.39 is 0 Å². The van der Waals surface area contributed by atoms with Crippen LogP contribution >= 0.6 is 11.3 Å². The van der Waals surface area contributed by atoms with Crippen molar-refractivity contribution in [3.05, 3.63) is 52.2 Å². The predicted molar refractivity (Wildman–Crippen MR) is 81.7 cm³/mol. The zero-order valence-electron chi connectivity index (χ0n) is 11.8. The molecule has 1 aromatic carbocycles. The maximum atomic E-state index is 5.98. The van der Waals surface area contributed by atoms with Gasteiger partial charge in [-0.1, -0.05) is 24.3 Å². The Kier molecular flexibility index (Phi) is 4.61. The molecule has 0 unspecified atom stereocenters. The summed E-state index contributed by atoms with van der Waals surface area (Å²) < 4.78 is 5.98. The first-order valence-corrected chi connectivity index (χ1v) is 7.42. The van der Waals surface area contributed by atoms with Crippen LogP contribution in [0.25, 0.3) is 0 Å². The highest BCUT2D eigenvalue weighted by molar-refractivity contribution is 7.09. The lowest BCUT2D eigenvalue weighted by molar-refractivity contribution is 0.129. The Bertz CT molecular complexity index is 500. The van der Waals surface area contributed by atoms with E-state index in [-0.39, 0.29) is 5.60 Å². The average Bonchev–Trinajstić information content (AvgIpc) is 2.82. The fourth-order valence-corrected chi connectivity index (χ4v) is 2.49. The van der Waals surface area contributed by atoms with Crippen molar-refractivity contribution in [2.75, 3.05) is 0 Å². The molecule has 2 nitrogen and oxygen atoms in total. The third kappa shape index (κ3) is 4.69. The molecule has 3 heteroatoms. The highest BCUT2D eigenvalue weighted by Gasteiger charge is 2.13. The van der Waals surface area contributed by atoms with Gasteiger partial charge < -0.3 is 10.1 Å². The molecule has 0 saturated heterocycles. The fraction of sp³-hybridized carbons (Fsp3) is 0.375. The second kappa shape index (κ2) is 6.22. The maximum Gasteiger partial charge on any atom is 0.124 e. The summed E-state index contributed by atoms with van der Waals surface area (Å²) in [6, 6.07) is 12.4. The van der Waals surface area contributed by atoms with Crippen molar-refractivity contribution in [2.24, 2.45) is 0 Å². The largest absolute Gasteiger partial charge is 0.488 e. The molecular weight excluding hydrogens is 254 g/mol. The van der Waals surface area contributed by atoms with Gasteiger partial charge in [-0.3, -0.25) is 0 Å². The van der Waals surface area contributed by atoms with E-state index in [0.29, 0.717) is 0 Å². The van der Waals surface area contributed by atoms with E-state index in [1.54, 1.807) is 11.3 Å². The third-order valence-corrected chi connectivity index (χ3v) is 3.46. The van der Waals surface area contributed by atoms with Crippen molar-refractivity contribution in [3.63, 3.8) is 0 Å². The summed E-state index contributed by atoms with van der Waals surface area (Å²) in [7, 11) is 0. The van der Waals surface area contributed by atoms with Gasteiger partial charge in [0, 0.05) is 23.5 Å². The predicted octanol–water partition coefficient (Wildman–Crippen LogP) is 4.22. The van der Waals surface area contributed by atoms with Crippen LogP contribution in [0.5, 0.6) is 5.75 Å². The minimum Gasteiger partial charge on any atom is -0.488 e. The Morgan fingerprint density at radius 2 is 1.84 bits per heavy atom. The molecular formula is C16H21NOS. The molecule has 0 saturated carbocycles. The number of benzene rings is 1. The summed E-state index contributed by atoms with van der Waals surface area (Å²) >= 11 is 1.78. The van der Waals surface area contributed by atoms with Crippen molar-refractivity contribution < 1.29 is 4.74 Å². The summed E-state index contributed by atoms with van der Waals surface area (Å²) in [6.07, 6.45) is 0. The molecule has 2 aromatic rings. The third-order valence-electron chi connectivity index (χ3n) is 2.58. The molecule has 0 spiro atoms. The van der Waals surface area contributed by atoms with Crippen LogP contribution in [0, 0.1) is 0 Å². The first-order chi connectivity index (χ1) is 9.04. The topological polar surface area (TPSA) is 21.3 Å². The molecule has 0 radical (unpaired) electrons. The number of para-hydroxylation sites is 1. The van der Waals surface area contributed by atoms with E-state index >= 15 is 0 Å². The van der Waals surface area contributed by atoms with E-state index in [0.717, 1.165) is 18.8 Å². The van der Waals surface area contributed by atoms with Gasteiger partial charge in [0.25, 0.3) is 0 Å². The Morgan fingerprint density at radius 1 is 1.05 bits per heavy atom. The monoisotopic (exact) mass is 275 g/mol. The van der Waals surface area contributed by atoms with Crippen molar-refractivity contribution in [2.45, 2.75) is 39.5 Å². The first kappa shape index (κ1) is 14.1. The molecule has 0 aliphatic heterocycles. The van der Waals surface area contributed by atoms with Gasteiger partial charge in [-0.2, -0.15) is 0 Å². The number of nitrogens with one attached hydrogen (secondary N) is 1. The summed E-state index contributed by atoms with van der Waals surface area (Å²) in [5.41, 5.74) is 1.04. The number of thiophene rings is 1. The molecule has 0 bridgehead atoms. The Morgan fingerprint density at radius 3 is 2.53 bits per heavy atom. The highest BCUT2D eigenvalue weighted by atomic mass is 32.1. The van der Waals surface area contributed by atoms with Gasteiger partial charge in [-0.15, -0.1) is 11.3 Å². The Hall–Kier alpha value is -1.32.